The molecular formula is C22H26N2O4. The molecule has 0 radical (unpaired) electrons. The Kier molecular flexibility index (Phi) is 5.87. The van der Waals surface area contributed by atoms with Gasteiger partial charge in [0.1, 0.15) is 23.6 Å². The van der Waals surface area contributed by atoms with Gasteiger partial charge >= 0.3 is 6.03 Å². The lowest BCUT2D eigenvalue weighted by molar-refractivity contribution is -0.131. The Bertz CT molecular complexity index is 833. The van der Waals surface area contributed by atoms with Gasteiger partial charge in [0.2, 0.25) is 0 Å². The van der Waals surface area contributed by atoms with E-state index >= 15 is 0 Å². The first-order valence-electron chi connectivity index (χ1n) is 9.38. The Balaban J connectivity index is 1.54. The summed E-state index contributed by atoms with van der Waals surface area (Å²) in [7, 11) is 1.62. The molecule has 0 unspecified atom stereocenters. The normalized spacial score (nSPS) is 18.9. The van der Waals surface area contributed by atoms with E-state index in [-0.39, 0.29) is 25.1 Å². The molecule has 6 nitrogen and oxygen atoms in total. The molecule has 0 saturated carbocycles. The Labute approximate surface area is 165 Å². The predicted octanol–water partition coefficient (Wildman–Crippen LogP) is 3.33. The van der Waals surface area contributed by atoms with Crippen molar-refractivity contribution >= 4 is 11.9 Å². The molecule has 0 aliphatic carbocycles. The quantitative estimate of drug-likeness (QED) is 0.711. The summed E-state index contributed by atoms with van der Waals surface area (Å²) >= 11 is 0. The number of methoxy groups -OCH3 is 1. The molecule has 0 aromatic heterocycles. The minimum Gasteiger partial charge on any atom is -0.497 e. The molecule has 0 spiro atoms. The Morgan fingerprint density at radius 2 is 1.64 bits per heavy atom. The number of carbonyl (C=O) groups is 2. The van der Waals surface area contributed by atoms with Crippen molar-refractivity contribution in [1.29, 1.82) is 0 Å². The van der Waals surface area contributed by atoms with Gasteiger partial charge in [-0.3, -0.25) is 9.69 Å². The number of aryl methyl sites for hydroxylation is 2. The van der Waals surface area contributed by atoms with Gasteiger partial charge in [0.15, 0.2) is 0 Å². The number of nitrogens with one attached hydrogen (secondary N) is 1. The molecular weight excluding hydrogens is 356 g/mol. The monoisotopic (exact) mass is 382 g/mol. The zero-order chi connectivity index (χ0) is 20.1. The van der Waals surface area contributed by atoms with E-state index in [9.17, 15) is 9.59 Å². The predicted molar refractivity (Wildman–Crippen MR) is 107 cm³/mol. The number of nitrogens with zero attached hydrogens (tertiary/aromatic N) is 1. The average molecular weight is 382 g/mol. The molecule has 1 fully saturated rings. The molecule has 1 heterocycles. The molecule has 0 bridgehead atoms. The summed E-state index contributed by atoms with van der Waals surface area (Å²) in [6, 6.07) is 15.0. The van der Waals surface area contributed by atoms with Crippen LogP contribution in [-0.2, 0) is 11.2 Å². The maximum atomic E-state index is 12.8. The van der Waals surface area contributed by atoms with Crippen LogP contribution in [0.5, 0.6) is 11.5 Å². The molecule has 1 atom stereocenters. The molecule has 1 aliphatic rings. The van der Waals surface area contributed by atoms with Crippen molar-refractivity contribution in [3.05, 3.63) is 59.7 Å². The van der Waals surface area contributed by atoms with Gasteiger partial charge in [0.05, 0.1) is 13.7 Å². The fraction of sp³-hybridized carbons (Fsp3) is 0.364. The van der Waals surface area contributed by atoms with E-state index in [2.05, 4.69) is 5.32 Å². The van der Waals surface area contributed by atoms with E-state index in [4.69, 9.17) is 9.47 Å². The zero-order valence-corrected chi connectivity index (χ0v) is 16.5. The molecule has 2 aromatic carbocycles. The lowest BCUT2D eigenvalue weighted by atomic mass is 9.93. The van der Waals surface area contributed by atoms with Crippen LogP contribution in [0.2, 0.25) is 0 Å². The number of ether oxygens (including phenoxy) is 2. The Hall–Kier alpha value is -3.02. The summed E-state index contributed by atoms with van der Waals surface area (Å²) in [5.41, 5.74) is 1.33. The van der Waals surface area contributed by atoms with E-state index in [1.54, 1.807) is 14.0 Å². The molecule has 1 saturated heterocycles. The van der Waals surface area contributed by atoms with Crippen LogP contribution in [0, 0.1) is 6.92 Å². The number of urea groups is 1. The fourth-order valence-corrected chi connectivity index (χ4v) is 3.20. The van der Waals surface area contributed by atoms with Crippen molar-refractivity contribution in [3.63, 3.8) is 0 Å². The maximum absolute atomic E-state index is 12.8. The minimum absolute atomic E-state index is 0.210. The second-order valence-electron chi connectivity index (χ2n) is 7.23. The summed E-state index contributed by atoms with van der Waals surface area (Å²) in [6.07, 6.45) is 1.21. The number of benzene rings is 2. The third kappa shape index (κ3) is 4.44. The minimum atomic E-state index is -0.902. The molecule has 6 heteroatoms. The van der Waals surface area contributed by atoms with Crippen molar-refractivity contribution in [2.45, 2.75) is 32.2 Å². The van der Waals surface area contributed by atoms with Crippen molar-refractivity contribution < 1.29 is 19.1 Å². The van der Waals surface area contributed by atoms with Gasteiger partial charge in [0, 0.05) is 0 Å². The van der Waals surface area contributed by atoms with Crippen LogP contribution >= 0.6 is 0 Å². The highest BCUT2D eigenvalue weighted by Crippen LogP contribution is 2.24. The smallest absolute Gasteiger partial charge is 0.325 e. The van der Waals surface area contributed by atoms with Gasteiger partial charge in [-0.1, -0.05) is 29.8 Å². The van der Waals surface area contributed by atoms with Gasteiger partial charge in [-0.2, -0.15) is 0 Å². The van der Waals surface area contributed by atoms with Crippen LogP contribution in [-0.4, -0.2) is 42.6 Å². The second kappa shape index (κ2) is 8.33. The maximum Gasteiger partial charge on any atom is 0.325 e. The standard InChI is InChI=1S/C22H26N2O4/c1-16-4-8-19(9-5-16)28-15-14-24-20(25)22(2,23-21(24)26)13-12-17-6-10-18(27-3)11-7-17/h4-11H,12-15H2,1-3H3,(H,23,26)/t22-/m0/s1. The summed E-state index contributed by atoms with van der Waals surface area (Å²) in [6.45, 7) is 4.26. The average Bonchev–Trinajstić information content (AvgIpc) is 2.91. The highest BCUT2D eigenvalue weighted by Gasteiger charge is 2.47. The van der Waals surface area contributed by atoms with Gasteiger partial charge in [-0.25, -0.2) is 4.79 Å². The van der Waals surface area contributed by atoms with Crippen LogP contribution in [0.1, 0.15) is 24.5 Å². The molecule has 3 rings (SSSR count). The van der Waals surface area contributed by atoms with Crippen molar-refractivity contribution in [2.75, 3.05) is 20.3 Å². The fourth-order valence-electron chi connectivity index (χ4n) is 3.20. The van der Waals surface area contributed by atoms with Gasteiger partial charge in [-0.05, 0) is 56.5 Å². The third-order valence-electron chi connectivity index (χ3n) is 5.02. The zero-order valence-electron chi connectivity index (χ0n) is 16.5. The van der Waals surface area contributed by atoms with Gasteiger partial charge in [0.25, 0.3) is 5.91 Å². The Morgan fingerprint density at radius 1 is 1.00 bits per heavy atom. The molecule has 28 heavy (non-hydrogen) atoms. The molecule has 3 amide bonds. The van der Waals surface area contributed by atoms with Crippen LogP contribution < -0.4 is 14.8 Å². The first kappa shape index (κ1) is 19.7. The lowest BCUT2D eigenvalue weighted by Gasteiger charge is -2.21. The highest BCUT2D eigenvalue weighted by molar-refractivity contribution is 6.06. The number of hydrogen-bond acceptors (Lipinski definition) is 4. The number of imide groups is 1. The van der Waals surface area contributed by atoms with Crippen molar-refractivity contribution in [2.24, 2.45) is 0 Å². The topological polar surface area (TPSA) is 67.9 Å². The largest absolute Gasteiger partial charge is 0.497 e. The van der Waals surface area contributed by atoms with Crippen LogP contribution in [0.4, 0.5) is 4.79 Å². The van der Waals surface area contributed by atoms with Crippen molar-refractivity contribution in [3.8, 4) is 11.5 Å². The second-order valence-corrected chi connectivity index (χ2v) is 7.23. The molecule has 1 aliphatic heterocycles. The van der Waals surface area contributed by atoms with Gasteiger partial charge < -0.3 is 14.8 Å². The van der Waals surface area contributed by atoms with Crippen LogP contribution in [0.15, 0.2) is 48.5 Å². The summed E-state index contributed by atoms with van der Waals surface area (Å²) in [5, 5.41) is 2.84. The van der Waals surface area contributed by atoms with E-state index in [0.717, 1.165) is 22.6 Å². The lowest BCUT2D eigenvalue weighted by Crippen LogP contribution is -2.44. The summed E-state index contributed by atoms with van der Waals surface area (Å²) in [5.74, 6) is 1.30. The van der Waals surface area contributed by atoms with Crippen LogP contribution in [0.3, 0.4) is 0 Å². The number of amides is 3. The number of rotatable bonds is 8. The third-order valence-corrected chi connectivity index (χ3v) is 5.02. The van der Waals surface area contributed by atoms with E-state index < -0.39 is 5.54 Å². The van der Waals surface area contributed by atoms with Crippen molar-refractivity contribution in [1.82, 2.24) is 10.2 Å². The number of carbonyl (C=O) groups excluding carboxylic acids is 2. The molecule has 2 aromatic rings. The first-order valence-corrected chi connectivity index (χ1v) is 9.38. The van der Waals surface area contributed by atoms with Gasteiger partial charge in [-0.15, -0.1) is 0 Å². The summed E-state index contributed by atoms with van der Waals surface area (Å²) in [4.78, 5) is 26.4. The highest BCUT2D eigenvalue weighted by atomic mass is 16.5. The van der Waals surface area contributed by atoms with E-state index in [1.807, 2.05) is 55.5 Å². The summed E-state index contributed by atoms with van der Waals surface area (Å²) < 4.78 is 10.8. The molecule has 148 valence electrons. The number of hydrogen-bond donors (Lipinski definition) is 1. The van der Waals surface area contributed by atoms with Crippen LogP contribution in [0.25, 0.3) is 0 Å². The van der Waals surface area contributed by atoms with E-state index in [1.165, 1.54) is 4.90 Å². The molecule has 1 N–H and O–H groups in total. The first-order chi connectivity index (χ1) is 13.4. The Morgan fingerprint density at radius 3 is 2.29 bits per heavy atom. The SMILES string of the molecule is COc1ccc(CC[C@]2(C)NC(=O)N(CCOc3ccc(C)cc3)C2=O)cc1. The van der Waals surface area contributed by atoms with E-state index in [0.29, 0.717) is 12.8 Å².